The lowest BCUT2D eigenvalue weighted by molar-refractivity contribution is -0.127. The third-order valence-corrected chi connectivity index (χ3v) is 4.83. The Bertz CT molecular complexity index is 761. The molecule has 2 aromatic rings. The molecule has 0 saturated heterocycles. The highest BCUT2D eigenvalue weighted by atomic mass is 16.2. The van der Waals surface area contributed by atoms with Crippen LogP contribution in [0.5, 0.6) is 0 Å². The number of nitrogens with zero attached hydrogens (tertiary/aromatic N) is 2. The maximum Gasteiger partial charge on any atom is 0.255 e. The molecule has 2 heterocycles. The number of fused-ring (bicyclic) bond motifs is 1. The summed E-state index contributed by atoms with van der Waals surface area (Å²) >= 11 is 0. The summed E-state index contributed by atoms with van der Waals surface area (Å²) in [6, 6.07) is 10.9. The molecule has 0 saturated carbocycles. The van der Waals surface area contributed by atoms with Crippen LogP contribution in [0.4, 0.5) is 0 Å². The van der Waals surface area contributed by atoms with Gasteiger partial charge < -0.3 is 10.2 Å². The minimum atomic E-state index is -0.471. The van der Waals surface area contributed by atoms with Gasteiger partial charge in [0.15, 0.2) is 0 Å². The second-order valence-corrected chi connectivity index (χ2v) is 6.50. The number of rotatable bonds is 6. The zero-order valence-corrected chi connectivity index (χ0v) is 14.6. The number of amides is 2. The Labute approximate surface area is 148 Å². The van der Waals surface area contributed by atoms with Gasteiger partial charge in [-0.15, -0.1) is 0 Å². The molecule has 25 heavy (non-hydrogen) atoms. The highest BCUT2D eigenvalue weighted by Crippen LogP contribution is 2.28. The Balaban J connectivity index is 1.76. The molecule has 1 N–H and O–H groups in total. The van der Waals surface area contributed by atoms with Gasteiger partial charge in [0.1, 0.15) is 6.04 Å². The summed E-state index contributed by atoms with van der Waals surface area (Å²) in [7, 11) is 0. The largest absolute Gasteiger partial charge is 0.350 e. The van der Waals surface area contributed by atoms with E-state index in [1.807, 2.05) is 50.2 Å². The maximum atomic E-state index is 12.9. The van der Waals surface area contributed by atoms with Crippen molar-refractivity contribution in [3.63, 3.8) is 0 Å². The molecular weight excluding hydrogens is 314 g/mol. The van der Waals surface area contributed by atoms with Crippen molar-refractivity contribution < 1.29 is 9.59 Å². The van der Waals surface area contributed by atoms with E-state index in [0.717, 1.165) is 17.5 Å². The number of carbonyl (C=O) groups excluding carboxylic acids is 2. The zero-order valence-electron chi connectivity index (χ0n) is 14.6. The fraction of sp³-hybridized carbons (Fsp3) is 0.350. The monoisotopic (exact) mass is 337 g/mol. The van der Waals surface area contributed by atoms with Gasteiger partial charge in [0.25, 0.3) is 5.91 Å². The summed E-state index contributed by atoms with van der Waals surface area (Å²) in [4.78, 5) is 31.4. The van der Waals surface area contributed by atoms with E-state index in [9.17, 15) is 9.59 Å². The number of nitrogens with one attached hydrogen (secondary N) is 1. The van der Waals surface area contributed by atoms with Crippen LogP contribution in [0.15, 0.2) is 48.8 Å². The first-order chi connectivity index (χ1) is 12.1. The van der Waals surface area contributed by atoms with E-state index in [2.05, 4.69) is 10.3 Å². The molecule has 130 valence electrons. The Hall–Kier alpha value is -2.69. The molecule has 2 atom stereocenters. The van der Waals surface area contributed by atoms with Gasteiger partial charge in [0.2, 0.25) is 5.91 Å². The SMILES string of the molecule is CC[C@H](C)[C@@H](C(=O)NCc1cccnc1)N1Cc2ccccc2C1=O. The Morgan fingerprint density at radius 3 is 2.76 bits per heavy atom. The fourth-order valence-corrected chi connectivity index (χ4v) is 3.23. The van der Waals surface area contributed by atoms with Gasteiger partial charge in [-0.25, -0.2) is 0 Å². The smallest absolute Gasteiger partial charge is 0.255 e. The first-order valence-electron chi connectivity index (χ1n) is 8.67. The summed E-state index contributed by atoms with van der Waals surface area (Å²) in [5.74, 6) is -0.0936. The molecule has 0 spiro atoms. The standard InChI is InChI=1S/C20H23N3O2/c1-3-14(2)18(19(24)22-12-15-7-6-10-21-11-15)23-13-16-8-4-5-9-17(16)20(23)25/h4-11,14,18H,3,12-13H2,1-2H3,(H,22,24)/t14-,18-/m0/s1. The number of carbonyl (C=O) groups is 2. The predicted molar refractivity (Wildman–Crippen MR) is 95.6 cm³/mol. The quantitative estimate of drug-likeness (QED) is 0.882. The highest BCUT2D eigenvalue weighted by molar-refractivity contribution is 6.01. The number of benzene rings is 1. The number of aromatic nitrogens is 1. The molecule has 3 rings (SSSR count). The second kappa shape index (κ2) is 7.47. The van der Waals surface area contributed by atoms with E-state index >= 15 is 0 Å². The van der Waals surface area contributed by atoms with Crippen molar-refractivity contribution in [3.05, 3.63) is 65.5 Å². The maximum absolute atomic E-state index is 12.9. The lowest BCUT2D eigenvalue weighted by atomic mass is 9.96. The number of hydrogen-bond acceptors (Lipinski definition) is 3. The van der Waals surface area contributed by atoms with E-state index in [0.29, 0.717) is 18.7 Å². The third kappa shape index (κ3) is 3.55. The Morgan fingerprint density at radius 1 is 1.28 bits per heavy atom. The molecule has 2 amide bonds. The van der Waals surface area contributed by atoms with Crippen molar-refractivity contribution in [2.24, 2.45) is 5.92 Å². The van der Waals surface area contributed by atoms with Crippen LogP contribution in [0.25, 0.3) is 0 Å². The van der Waals surface area contributed by atoms with Gasteiger partial charge >= 0.3 is 0 Å². The van der Waals surface area contributed by atoms with Gasteiger partial charge in [-0.3, -0.25) is 14.6 Å². The van der Waals surface area contributed by atoms with Crippen molar-refractivity contribution in [2.75, 3.05) is 0 Å². The summed E-state index contributed by atoms with van der Waals surface area (Å²) in [6.45, 7) is 4.96. The molecule has 1 aliphatic heterocycles. The van der Waals surface area contributed by atoms with Crippen molar-refractivity contribution in [1.29, 1.82) is 0 Å². The van der Waals surface area contributed by atoms with Crippen LogP contribution < -0.4 is 5.32 Å². The summed E-state index contributed by atoms with van der Waals surface area (Å²) < 4.78 is 0. The molecule has 0 radical (unpaired) electrons. The average Bonchev–Trinajstić information content (AvgIpc) is 2.97. The van der Waals surface area contributed by atoms with Crippen LogP contribution in [0, 0.1) is 5.92 Å². The fourth-order valence-electron chi connectivity index (χ4n) is 3.23. The van der Waals surface area contributed by atoms with Crippen molar-refractivity contribution >= 4 is 11.8 Å². The molecule has 1 aromatic heterocycles. The topological polar surface area (TPSA) is 62.3 Å². The lowest BCUT2D eigenvalue weighted by Crippen LogP contribution is -2.50. The minimum Gasteiger partial charge on any atom is -0.350 e. The molecule has 0 unspecified atom stereocenters. The number of hydrogen-bond donors (Lipinski definition) is 1. The summed E-state index contributed by atoms with van der Waals surface area (Å²) in [5, 5.41) is 2.97. The van der Waals surface area contributed by atoms with Gasteiger partial charge in [-0.2, -0.15) is 0 Å². The first-order valence-corrected chi connectivity index (χ1v) is 8.67. The lowest BCUT2D eigenvalue weighted by Gasteiger charge is -2.31. The van der Waals surface area contributed by atoms with Crippen LogP contribution in [-0.2, 0) is 17.9 Å². The third-order valence-electron chi connectivity index (χ3n) is 4.83. The first kappa shape index (κ1) is 17.1. The van der Waals surface area contributed by atoms with Gasteiger partial charge in [-0.1, -0.05) is 44.5 Å². The Morgan fingerprint density at radius 2 is 2.08 bits per heavy atom. The van der Waals surface area contributed by atoms with Gasteiger partial charge in [0, 0.05) is 31.0 Å². The highest BCUT2D eigenvalue weighted by Gasteiger charge is 2.38. The van der Waals surface area contributed by atoms with Crippen LogP contribution >= 0.6 is 0 Å². The Kier molecular flexibility index (Phi) is 5.12. The van der Waals surface area contributed by atoms with Crippen molar-refractivity contribution in [3.8, 4) is 0 Å². The molecule has 0 aliphatic carbocycles. The predicted octanol–water partition coefficient (Wildman–Crippen LogP) is 2.77. The summed E-state index contributed by atoms with van der Waals surface area (Å²) in [5.41, 5.74) is 2.63. The average molecular weight is 337 g/mol. The molecule has 1 aromatic carbocycles. The van der Waals surface area contributed by atoms with Crippen molar-refractivity contribution in [1.82, 2.24) is 15.2 Å². The molecule has 0 fully saturated rings. The molecule has 1 aliphatic rings. The van der Waals surface area contributed by atoms with E-state index in [1.54, 1.807) is 17.3 Å². The molecule has 5 heteroatoms. The van der Waals surface area contributed by atoms with E-state index in [-0.39, 0.29) is 17.7 Å². The van der Waals surface area contributed by atoms with E-state index in [1.165, 1.54) is 0 Å². The molecular formula is C20H23N3O2. The zero-order chi connectivity index (χ0) is 17.8. The number of pyridine rings is 1. The van der Waals surface area contributed by atoms with E-state index < -0.39 is 6.04 Å². The molecule has 5 nitrogen and oxygen atoms in total. The van der Waals surface area contributed by atoms with Crippen LogP contribution in [0.3, 0.4) is 0 Å². The van der Waals surface area contributed by atoms with Crippen molar-refractivity contribution in [2.45, 2.75) is 39.4 Å². The van der Waals surface area contributed by atoms with Gasteiger partial charge in [0.05, 0.1) is 0 Å². The minimum absolute atomic E-state index is 0.0579. The van der Waals surface area contributed by atoms with Crippen LogP contribution in [-0.4, -0.2) is 27.7 Å². The van der Waals surface area contributed by atoms with Crippen LogP contribution in [0.1, 0.15) is 41.8 Å². The normalized spacial score (nSPS) is 15.6. The summed E-state index contributed by atoms with van der Waals surface area (Å²) in [6.07, 6.45) is 4.26. The van der Waals surface area contributed by atoms with Crippen LogP contribution in [0.2, 0.25) is 0 Å². The van der Waals surface area contributed by atoms with Gasteiger partial charge in [-0.05, 0) is 29.2 Å². The molecule has 0 bridgehead atoms. The second-order valence-electron chi connectivity index (χ2n) is 6.50. The van der Waals surface area contributed by atoms with E-state index in [4.69, 9.17) is 0 Å².